The number of likely N-dealkylation sites (tertiary alicyclic amines) is 1. The number of hydrogen-bond acceptors (Lipinski definition) is 4. The number of amides is 1. The number of carbonyl (C=O) groups is 1. The number of nitrogens with one attached hydrogen (secondary N) is 1. The maximum Gasteiger partial charge on any atom is 0.239 e. The summed E-state index contributed by atoms with van der Waals surface area (Å²) in [5.74, 6) is 0.151. The van der Waals surface area contributed by atoms with E-state index in [1.807, 2.05) is 18.7 Å². The first kappa shape index (κ1) is 17.4. The van der Waals surface area contributed by atoms with Crippen LogP contribution < -0.4 is 5.32 Å². The van der Waals surface area contributed by atoms with Crippen LogP contribution in [0.3, 0.4) is 0 Å². The fraction of sp³-hybridized carbons (Fsp3) is 0.923. The molecule has 1 aliphatic heterocycles. The van der Waals surface area contributed by atoms with Crippen molar-refractivity contribution in [3.8, 4) is 0 Å². The van der Waals surface area contributed by atoms with Gasteiger partial charge in [0, 0.05) is 26.2 Å². The van der Waals surface area contributed by atoms with E-state index in [0.717, 1.165) is 25.9 Å². The molecule has 20 heavy (non-hydrogen) atoms. The summed E-state index contributed by atoms with van der Waals surface area (Å²) in [5.41, 5.74) is 0. The lowest BCUT2D eigenvalue weighted by Gasteiger charge is -2.22. The van der Waals surface area contributed by atoms with Gasteiger partial charge in [-0.2, -0.15) is 0 Å². The average Bonchev–Trinajstić information content (AvgIpc) is 2.89. The Morgan fingerprint density at radius 3 is 2.45 bits per heavy atom. The van der Waals surface area contributed by atoms with Gasteiger partial charge < -0.3 is 10.2 Å². The van der Waals surface area contributed by atoms with Crippen molar-refractivity contribution >= 4 is 15.9 Å². The van der Waals surface area contributed by atoms with Crippen molar-refractivity contribution in [2.45, 2.75) is 39.2 Å². The summed E-state index contributed by atoms with van der Waals surface area (Å²) in [7, 11) is -3.11. The number of carbonyl (C=O) groups excluding carboxylic acids is 1. The Hall–Kier alpha value is -0.660. The van der Waals surface area contributed by atoms with Crippen molar-refractivity contribution in [3.63, 3.8) is 0 Å². The highest BCUT2D eigenvalue weighted by molar-refractivity contribution is 7.88. The van der Waals surface area contributed by atoms with E-state index < -0.39 is 10.0 Å². The van der Waals surface area contributed by atoms with Crippen LogP contribution in [-0.2, 0) is 14.8 Å². The largest absolute Gasteiger partial charge is 0.341 e. The van der Waals surface area contributed by atoms with Gasteiger partial charge in [-0.05, 0) is 32.7 Å². The van der Waals surface area contributed by atoms with Crippen molar-refractivity contribution in [2.24, 2.45) is 0 Å². The second kappa shape index (κ2) is 7.95. The first-order valence-corrected chi connectivity index (χ1v) is 9.18. The third-order valence-corrected chi connectivity index (χ3v) is 5.02. The third kappa shape index (κ3) is 5.38. The summed E-state index contributed by atoms with van der Waals surface area (Å²) in [6, 6.07) is -0.193. The van der Waals surface area contributed by atoms with E-state index in [0.29, 0.717) is 26.1 Å². The van der Waals surface area contributed by atoms with E-state index in [2.05, 4.69) is 5.32 Å². The Morgan fingerprint density at radius 2 is 1.95 bits per heavy atom. The molecule has 118 valence electrons. The zero-order chi connectivity index (χ0) is 15.2. The molecular weight excluding hydrogens is 278 g/mol. The van der Waals surface area contributed by atoms with Crippen LogP contribution in [0.5, 0.6) is 0 Å². The van der Waals surface area contributed by atoms with Crippen LogP contribution in [-0.4, -0.2) is 68.6 Å². The number of hydrogen-bond donors (Lipinski definition) is 1. The molecule has 6 nitrogen and oxygen atoms in total. The first-order chi connectivity index (χ1) is 9.36. The lowest BCUT2D eigenvalue weighted by atomic mass is 10.2. The molecule has 1 saturated heterocycles. The van der Waals surface area contributed by atoms with E-state index in [1.165, 1.54) is 10.6 Å². The fourth-order valence-electron chi connectivity index (χ4n) is 2.43. The Morgan fingerprint density at radius 1 is 1.35 bits per heavy atom. The fourth-order valence-corrected chi connectivity index (χ4v) is 3.36. The second-order valence-electron chi connectivity index (χ2n) is 5.32. The third-order valence-electron chi connectivity index (χ3n) is 3.64. The molecule has 7 heteroatoms. The minimum atomic E-state index is -3.11. The van der Waals surface area contributed by atoms with Gasteiger partial charge in [0.1, 0.15) is 0 Å². The molecule has 0 aromatic rings. The molecule has 0 saturated carbocycles. The molecule has 1 unspecified atom stereocenters. The highest BCUT2D eigenvalue weighted by Crippen LogP contribution is 2.09. The topological polar surface area (TPSA) is 69.7 Å². The van der Waals surface area contributed by atoms with Crippen LogP contribution in [0.1, 0.15) is 33.1 Å². The summed E-state index contributed by atoms with van der Waals surface area (Å²) in [5, 5.41) is 3.18. The van der Waals surface area contributed by atoms with E-state index in [-0.39, 0.29) is 11.9 Å². The molecular formula is C13H27N3O3S. The quantitative estimate of drug-likeness (QED) is 0.653. The molecule has 0 aromatic carbocycles. The predicted molar refractivity (Wildman–Crippen MR) is 80.0 cm³/mol. The maximum absolute atomic E-state index is 12.0. The monoisotopic (exact) mass is 305 g/mol. The lowest BCUT2D eigenvalue weighted by molar-refractivity contribution is -0.131. The molecule has 1 fully saturated rings. The highest BCUT2D eigenvalue weighted by atomic mass is 32.2. The van der Waals surface area contributed by atoms with E-state index in [4.69, 9.17) is 0 Å². The van der Waals surface area contributed by atoms with Crippen molar-refractivity contribution in [2.75, 3.05) is 39.0 Å². The minimum Gasteiger partial charge on any atom is -0.341 e. The van der Waals surface area contributed by atoms with Crippen molar-refractivity contribution < 1.29 is 13.2 Å². The van der Waals surface area contributed by atoms with Crippen LogP contribution in [0.2, 0.25) is 0 Å². The number of rotatable bonds is 8. The van der Waals surface area contributed by atoms with Crippen molar-refractivity contribution in [3.05, 3.63) is 0 Å². The molecule has 0 radical (unpaired) electrons. The van der Waals surface area contributed by atoms with Crippen LogP contribution in [0, 0.1) is 0 Å². The van der Waals surface area contributed by atoms with E-state index in [1.54, 1.807) is 0 Å². The standard InChI is InChI=1S/C13H27N3O3S/c1-4-16(20(3,18)19)11-7-8-14-12(2)13(17)15-9-5-6-10-15/h12,14H,4-11H2,1-3H3. The van der Waals surface area contributed by atoms with Gasteiger partial charge in [0.15, 0.2) is 0 Å². The Bertz CT molecular complexity index is 405. The second-order valence-corrected chi connectivity index (χ2v) is 7.30. The van der Waals surface area contributed by atoms with Gasteiger partial charge in [0.25, 0.3) is 0 Å². The average molecular weight is 305 g/mol. The van der Waals surface area contributed by atoms with Crippen LogP contribution in [0.25, 0.3) is 0 Å². The van der Waals surface area contributed by atoms with Crippen LogP contribution >= 0.6 is 0 Å². The lowest BCUT2D eigenvalue weighted by Crippen LogP contribution is -2.44. The van der Waals surface area contributed by atoms with E-state index >= 15 is 0 Å². The molecule has 0 bridgehead atoms. The Labute approximate surface area is 122 Å². The van der Waals surface area contributed by atoms with Gasteiger partial charge in [-0.3, -0.25) is 4.79 Å². The Balaban J connectivity index is 2.24. The number of nitrogens with zero attached hydrogens (tertiary/aromatic N) is 2. The van der Waals surface area contributed by atoms with Gasteiger partial charge in [-0.25, -0.2) is 12.7 Å². The summed E-state index contributed by atoms with van der Waals surface area (Å²) >= 11 is 0. The first-order valence-electron chi connectivity index (χ1n) is 7.33. The summed E-state index contributed by atoms with van der Waals surface area (Å²) in [6.07, 6.45) is 4.12. The molecule has 0 aliphatic carbocycles. The number of sulfonamides is 1. The maximum atomic E-state index is 12.0. The molecule has 1 amide bonds. The van der Waals surface area contributed by atoms with Gasteiger partial charge >= 0.3 is 0 Å². The molecule has 1 aliphatic rings. The van der Waals surface area contributed by atoms with Gasteiger partial charge in [-0.1, -0.05) is 6.92 Å². The van der Waals surface area contributed by atoms with Crippen molar-refractivity contribution in [1.82, 2.24) is 14.5 Å². The Kier molecular flexibility index (Phi) is 6.91. The molecule has 0 aromatic heterocycles. The zero-order valence-electron chi connectivity index (χ0n) is 12.8. The summed E-state index contributed by atoms with van der Waals surface area (Å²) in [6.45, 7) is 7.05. The normalized spacial score (nSPS) is 17.7. The van der Waals surface area contributed by atoms with Crippen LogP contribution in [0.4, 0.5) is 0 Å². The molecule has 1 N–H and O–H groups in total. The zero-order valence-corrected chi connectivity index (χ0v) is 13.6. The van der Waals surface area contributed by atoms with Crippen molar-refractivity contribution in [1.29, 1.82) is 0 Å². The molecule has 1 heterocycles. The molecule has 1 atom stereocenters. The van der Waals surface area contributed by atoms with E-state index in [9.17, 15) is 13.2 Å². The smallest absolute Gasteiger partial charge is 0.239 e. The van der Waals surface area contributed by atoms with Gasteiger partial charge in [0.2, 0.25) is 15.9 Å². The van der Waals surface area contributed by atoms with Gasteiger partial charge in [0.05, 0.1) is 12.3 Å². The summed E-state index contributed by atoms with van der Waals surface area (Å²) in [4.78, 5) is 13.9. The van der Waals surface area contributed by atoms with Crippen LogP contribution in [0.15, 0.2) is 0 Å². The SMILES string of the molecule is CCN(CCCNC(C)C(=O)N1CCCC1)S(C)(=O)=O. The molecule has 0 spiro atoms. The highest BCUT2D eigenvalue weighted by Gasteiger charge is 2.22. The predicted octanol–water partition coefficient (Wildman–Crippen LogP) is 0.259. The minimum absolute atomic E-state index is 0.151. The summed E-state index contributed by atoms with van der Waals surface area (Å²) < 4.78 is 24.3. The molecule has 1 rings (SSSR count). The van der Waals surface area contributed by atoms with Gasteiger partial charge in [-0.15, -0.1) is 0 Å².